The molecule has 0 atom stereocenters. The Kier molecular flexibility index (Phi) is 9.11. The average molecular weight is 329 g/mol. The van der Waals surface area contributed by atoms with E-state index in [1.54, 1.807) is 18.2 Å². The summed E-state index contributed by atoms with van der Waals surface area (Å²) in [6, 6.07) is 5.22. The second kappa shape index (κ2) is 10.6. The van der Waals surface area contributed by atoms with Crippen LogP contribution in [0.5, 0.6) is 0 Å². The van der Waals surface area contributed by atoms with Gasteiger partial charge in [-0.15, -0.1) is 0 Å². The molecule has 0 heterocycles. The van der Waals surface area contributed by atoms with Crippen molar-refractivity contribution in [2.75, 3.05) is 0 Å². The molecule has 0 aliphatic heterocycles. The molecular weight excluding hydrogens is 307 g/mol. The Labute approximate surface area is 136 Å². The molecule has 3 nitrogen and oxygen atoms in total. The van der Waals surface area contributed by atoms with Crippen LogP contribution in [0.15, 0.2) is 23.3 Å². The van der Waals surface area contributed by atoms with Crippen molar-refractivity contribution in [3.8, 4) is 0 Å². The van der Waals surface area contributed by atoms with Crippen molar-refractivity contribution < 1.29 is 4.79 Å². The van der Waals surface area contributed by atoms with E-state index in [1.807, 2.05) is 0 Å². The first kappa shape index (κ1) is 18.0. The topological polar surface area (TPSA) is 41.5 Å². The van der Waals surface area contributed by atoms with Gasteiger partial charge in [-0.3, -0.25) is 4.79 Å². The highest BCUT2D eigenvalue weighted by Crippen LogP contribution is 2.21. The van der Waals surface area contributed by atoms with Gasteiger partial charge in [0.15, 0.2) is 0 Å². The molecule has 0 spiro atoms. The third-order valence-corrected chi connectivity index (χ3v) is 3.80. The third-order valence-electron chi connectivity index (χ3n) is 3.14. The van der Waals surface area contributed by atoms with Crippen LogP contribution < -0.4 is 5.43 Å². The predicted octanol–water partition coefficient (Wildman–Crippen LogP) is 5.19. The third kappa shape index (κ3) is 7.49. The maximum absolute atomic E-state index is 11.6. The van der Waals surface area contributed by atoms with Gasteiger partial charge in [0.2, 0.25) is 5.91 Å². The van der Waals surface area contributed by atoms with Crippen molar-refractivity contribution in [2.45, 2.75) is 51.9 Å². The SMILES string of the molecule is CCCCCCCCC(=O)N/N=C\c1c(Cl)cccc1Cl. The lowest BCUT2D eigenvalue weighted by Gasteiger charge is -2.02. The molecule has 0 saturated heterocycles. The molecule has 0 bridgehead atoms. The smallest absolute Gasteiger partial charge is 0.240 e. The summed E-state index contributed by atoms with van der Waals surface area (Å²) >= 11 is 12.0. The van der Waals surface area contributed by atoms with Gasteiger partial charge >= 0.3 is 0 Å². The zero-order valence-corrected chi connectivity index (χ0v) is 13.9. The van der Waals surface area contributed by atoms with Crippen LogP contribution in [0.2, 0.25) is 10.0 Å². The number of unbranched alkanes of at least 4 members (excludes halogenated alkanes) is 5. The molecule has 1 rings (SSSR count). The first-order valence-corrected chi connectivity index (χ1v) is 8.16. The molecule has 0 unspecified atom stereocenters. The minimum absolute atomic E-state index is 0.0788. The fraction of sp³-hybridized carbons (Fsp3) is 0.500. The van der Waals surface area contributed by atoms with Gasteiger partial charge in [0.25, 0.3) is 0 Å². The van der Waals surface area contributed by atoms with Crippen LogP contribution in [-0.4, -0.2) is 12.1 Å². The van der Waals surface area contributed by atoms with Crippen molar-refractivity contribution in [1.29, 1.82) is 0 Å². The van der Waals surface area contributed by atoms with E-state index in [-0.39, 0.29) is 5.91 Å². The van der Waals surface area contributed by atoms with E-state index >= 15 is 0 Å². The Morgan fingerprint density at radius 3 is 2.43 bits per heavy atom. The summed E-state index contributed by atoms with van der Waals surface area (Å²) in [6.45, 7) is 2.19. The van der Waals surface area contributed by atoms with Crippen molar-refractivity contribution >= 4 is 35.3 Å². The number of hydrogen-bond donors (Lipinski definition) is 1. The Bertz CT molecular complexity index is 455. The summed E-state index contributed by atoms with van der Waals surface area (Å²) < 4.78 is 0. The second-order valence-corrected chi connectivity index (χ2v) is 5.76. The normalized spacial score (nSPS) is 11.0. The molecule has 0 fully saturated rings. The largest absolute Gasteiger partial charge is 0.273 e. The molecule has 1 aromatic carbocycles. The molecule has 5 heteroatoms. The van der Waals surface area contributed by atoms with Crippen LogP contribution in [0.1, 0.15) is 57.4 Å². The highest BCUT2D eigenvalue weighted by Gasteiger charge is 2.03. The van der Waals surface area contributed by atoms with Gasteiger partial charge in [-0.2, -0.15) is 5.10 Å². The molecular formula is C16H22Cl2N2O. The van der Waals surface area contributed by atoms with Crippen LogP contribution in [-0.2, 0) is 4.79 Å². The molecule has 0 radical (unpaired) electrons. The van der Waals surface area contributed by atoms with Gasteiger partial charge < -0.3 is 0 Å². The second-order valence-electron chi connectivity index (χ2n) is 4.95. The van der Waals surface area contributed by atoms with Crippen LogP contribution in [0.4, 0.5) is 0 Å². The fourth-order valence-electron chi connectivity index (χ4n) is 1.92. The van der Waals surface area contributed by atoms with Gasteiger partial charge in [0.1, 0.15) is 0 Å². The summed E-state index contributed by atoms with van der Waals surface area (Å²) in [5, 5.41) is 4.92. The lowest BCUT2D eigenvalue weighted by molar-refractivity contribution is -0.121. The predicted molar refractivity (Wildman–Crippen MR) is 90.2 cm³/mol. The van der Waals surface area contributed by atoms with E-state index in [0.717, 1.165) is 12.8 Å². The van der Waals surface area contributed by atoms with E-state index in [4.69, 9.17) is 23.2 Å². The number of hydrazone groups is 1. The lowest BCUT2D eigenvalue weighted by atomic mass is 10.1. The Morgan fingerprint density at radius 2 is 1.76 bits per heavy atom. The van der Waals surface area contributed by atoms with Crippen LogP contribution in [0, 0.1) is 0 Å². The van der Waals surface area contributed by atoms with Crippen molar-refractivity contribution in [3.05, 3.63) is 33.8 Å². The molecule has 0 aromatic heterocycles. The summed E-state index contributed by atoms with van der Waals surface area (Å²) in [5.41, 5.74) is 3.11. The van der Waals surface area contributed by atoms with Crippen LogP contribution >= 0.6 is 23.2 Å². The minimum atomic E-state index is -0.0788. The van der Waals surface area contributed by atoms with Gasteiger partial charge in [-0.05, 0) is 18.6 Å². The zero-order chi connectivity index (χ0) is 15.5. The van der Waals surface area contributed by atoms with E-state index in [1.165, 1.54) is 31.9 Å². The summed E-state index contributed by atoms with van der Waals surface area (Å²) in [5.74, 6) is -0.0788. The number of rotatable bonds is 9. The van der Waals surface area contributed by atoms with Crippen LogP contribution in [0.3, 0.4) is 0 Å². The van der Waals surface area contributed by atoms with E-state index < -0.39 is 0 Å². The van der Waals surface area contributed by atoms with Crippen LogP contribution in [0.25, 0.3) is 0 Å². The number of carbonyl (C=O) groups is 1. The molecule has 0 aliphatic carbocycles. The highest BCUT2D eigenvalue weighted by atomic mass is 35.5. The van der Waals surface area contributed by atoms with E-state index in [0.29, 0.717) is 22.0 Å². The lowest BCUT2D eigenvalue weighted by Crippen LogP contribution is -2.16. The van der Waals surface area contributed by atoms with E-state index in [9.17, 15) is 4.79 Å². The van der Waals surface area contributed by atoms with E-state index in [2.05, 4.69) is 17.5 Å². The maximum atomic E-state index is 11.6. The molecule has 1 aromatic rings. The van der Waals surface area contributed by atoms with Gasteiger partial charge in [-0.25, -0.2) is 5.43 Å². The van der Waals surface area contributed by atoms with Crippen molar-refractivity contribution in [3.63, 3.8) is 0 Å². The Hall–Kier alpha value is -1.06. The highest BCUT2D eigenvalue weighted by molar-refractivity contribution is 6.38. The first-order chi connectivity index (χ1) is 10.1. The quantitative estimate of drug-likeness (QED) is 0.378. The summed E-state index contributed by atoms with van der Waals surface area (Å²) in [4.78, 5) is 11.6. The first-order valence-electron chi connectivity index (χ1n) is 7.41. The fourth-order valence-corrected chi connectivity index (χ4v) is 2.42. The van der Waals surface area contributed by atoms with Gasteiger partial charge in [-0.1, -0.05) is 68.3 Å². The number of hydrogen-bond acceptors (Lipinski definition) is 2. The van der Waals surface area contributed by atoms with Crippen molar-refractivity contribution in [1.82, 2.24) is 5.43 Å². The number of halogens is 2. The molecule has 1 N–H and O–H groups in total. The minimum Gasteiger partial charge on any atom is -0.273 e. The molecule has 116 valence electrons. The number of nitrogens with one attached hydrogen (secondary N) is 1. The van der Waals surface area contributed by atoms with Gasteiger partial charge in [0, 0.05) is 12.0 Å². The number of nitrogens with zero attached hydrogens (tertiary/aromatic N) is 1. The number of carbonyl (C=O) groups excluding carboxylic acids is 1. The number of benzene rings is 1. The molecule has 1 amide bonds. The average Bonchev–Trinajstić information content (AvgIpc) is 2.46. The standard InChI is InChI=1S/C16H22Cl2N2O/c1-2-3-4-5-6-7-11-16(21)20-19-12-13-14(17)9-8-10-15(13)18/h8-10,12H,2-7,11H2,1H3,(H,20,21)/b19-12-. The number of amides is 1. The summed E-state index contributed by atoms with van der Waals surface area (Å²) in [7, 11) is 0. The van der Waals surface area contributed by atoms with Crippen molar-refractivity contribution in [2.24, 2.45) is 5.10 Å². The Morgan fingerprint density at radius 1 is 1.14 bits per heavy atom. The summed E-state index contributed by atoms with van der Waals surface area (Å²) in [6.07, 6.45) is 8.92. The monoisotopic (exact) mass is 328 g/mol. The molecule has 0 saturated carbocycles. The molecule has 21 heavy (non-hydrogen) atoms. The van der Waals surface area contributed by atoms with Gasteiger partial charge in [0.05, 0.1) is 16.3 Å². The Balaban J connectivity index is 2.25. The zero-order valence-electron chi connectivity index (χ0n) is 12.4. The maximum Gasteiger partial charge on any atom is 0.240 e. The molecule has 0 aliphatic rings.